The summed E-state index contributed by atoms with van der Waals surface area (Å²) in [6.45, 7) is 1.50. The lowest BCUT2D eigenvalue weighted by Crippen LogP contribution is -2.44. The molecule has 1 atom stereocenters. The van der Waals surface area contributed by atoms with Crippen LogP contribution in [-0.2, 0) is 4.74 Å². The van der Waals surface area contributed by atoms with Gasteiger partial charge in [-0.2, -0.15) is 5.26 Å². The summed E-state index contributed by atoms with van der Waals surface area (Å²) in [7, 11) is 0. The van der Waals surface area contributed by atoms with E-state index in [9.17, 15) is 9.18 Å². The first-order valence-electron chi connectivity index (χ1n) is 5.72. The van der Waals surface area contributed by atoms with Crippen LogP contribution in [0.3, 0.4) is 0 Å². The predicted molar refractivity (Wildman–Crippen MR) is 62.5 cm³/mol. The molecule has 1 aliphatic heterocycles. The highest BCUT2D eigenvalue weighted by Crippen LogP contribution is 2.10. The summed E-state index contributed by atoms with van der Waals surface area (Å²) in [5, 5.41) is 8.76. The van der Waals surface area contributed by atoms with Gasteiger partial charge in [0.05, 0.1) is 24.8 Å². The van der Waals surface area contributed by atoms with E-state index in [0.29, 0.717) is 19.7 Å². The standard InChI is InChI=1S/C13H13FN2O2/c14-12-4-2-1-3-11(12)13(17)9-16-5-6-18-10(7-15)8-16/h1-4,10H,5-6,8-9H2. The first-order chi connectivity index (χ1) is 8.70. The van der Waals surface area contributed by atoms with Gasteiger partial charge in [-0.15, -0.1) is 0 Å². The second-order valence-electron chi connectivity index (χ2n) is 4.13. The van der Waals surface area contributed by atoms with E-state index in [2.05, 4.69) is 0 Å². The molecule has 2 rings (SSSR count). The zero-order chi connectivity index (χ0) is 13.0. The van der Waals surface area contributed by atoms with Crippen molar-refractivity contribution in [1.29, 1.82) is 5.26 Å². The first-order valence-corrected chi connectivity index (χ1v) is 5.72. The van der Waals surface area contributed by atoms with Crippen molar-refractivity contribution in [3.8, 4) is 6.07 Å². The van der Waals surface area contributed by atoms with Gasteiger partial charge in [-0.1, -0.05) is 12.1 Å². The number of Topliss-reactive ketones (excluding diaryl/α,β-unsaturated/α-hetero) is 1. The molecular weight excluding hydrogens is 235 g/mol. The monoisotopic (exact) mass is 248 g/mol. The molecule has 1 unspecified atom stereocenters. The Morgan fingerprint density at radius 2 is 2.33 bits per heavy atom. The molecule has 4 nitrogen and oxygen atoms in total. The molecule has 0 saturated carbocycles. The lowest BCUT2D eigenvalue weighted by Gasteiger charge is -2.28. The van der Waals surface area contributed by atoms with Crippen molar-refractivity contribution in [3.05, 3.63) is 35.6 Å². The van der Waals surface area contributed by atoms with Crippen LogP contribution in [0, 0.1) is 17.1 Å². The minimum Gasteiger partial charge on any atom is -0.361 e. The Morgan fingerprint density at radius 1 is 1.56 bits per heavy atom. The largest absolute Gasteiger partial charge is 0.361 e. The van der Waals surface area contributed by atoms with Gasteiger partial charge in [0.2, 0.25) is 0 Å². The number of nitrogens with zero attached hydrogens (tertiary/aromatic N) is 2. The Morgan fingerprint density at radius 3 is 3.06 bits per heavy atom. The van der Waals surface area contributed by atoms with Crippen molar-refractivity contribution in [2.45, 2.75) is 6.10 Å². The number of rotatable bonds is 3. The average Bonchev–Trinajstić information content (AvgIpc) is 2.39. The fourth-order valence-corrected chi connectivity index (χ4v) is 1.90. The molecule has 0 spiro atoms. The van der Waals surface area contributed by atoms with Crippen molar-refractivity contribution in [2.75, 3.05) is 26.2 Å². The molecule has 1 fully saturated rings. The van der Waals surface area contributed by atoms with Crippen LogP contribution in [0.2, 0.25) is 0 Å². The van der Waals surface area contributed by atoms with Crippen LogP contribution in [0.15, 0.2) is 24.3 Å². The normalized spacial score (nSPS) is 20.3. The number of carbonyl (C=O) groups excluding carboxylic acids is 1. The van der Waals surface area contributed by atoms with Gasteiger partial charge in [0.1, 0.15) is 5.82 Å². The summed E-state index contributed by atoms with van der Waals surface area (Å²) in [5.41, 5.74) is 0.0949. The summed E-state index contributed by atoms with van der Waals surface area (Å²) in [4.78, 5) is 13.7. The maximum Gasteiger partial charge on any atom is 0.179 e. The molecule has 0 aliphatic carbocycles. The number of hydrogen-bond donors (Lipinski definition) is 0. The van der Waals surface area contributed by atoms with E-state index in [0.717, 1.165) is 0 Å². The minimum atomic E-state index is -0.507. The zero-order valence-corrected chi connectivity index (χ0v) is 9.80. The highest BCUT2D eigenvalue weighted by Gasteiger charge is 2.22. The summed E-state index contributed by atoms with van der Waals surface area (Å²) >= 11 is 0. The molecule has 0 N–H and O–H groups in total. The molecular formula is C13H13FN2O2. The molecule has 1 aromatic carbocycles. The van der Waals surface area contributed by atoms with Gasteiger partial charge >= 0.3 is 0 Å². The molecule has 1 aromatic rings. The van der Waals surface area contributed by atoms with Crippen LogP contribution in [0.4, 0.5) is 4.39 Å². The molecule has 0 aromatic heterocycles. The fraction of sp³-hybridized carbons (Fsp3) is 0.385. The van der Waals surface area contributed by atoms with E-state index in [-0.39, 0.29) is 17.9 Å². The van der Waals surface area contributed by atoms with Gasteiger partial charge < -0.3 is 4.74 Å². The molecule has 0 radical (unpaired) electrons. The maximum absolute atomic E-state index is 13.4. The third-order valence-corrected chi connectivity index (χ3v) is 2.84. The van der Waals surface area contributed by atoms with Crippen LogP contribution >= 0.6 is 0 Å². The maximum atomic E-state index is 13.4. The predicted octanol–water partition coefficient (Wildman–Crippen LogP) is 1.23. The second kappa shape index (κ2) is 5.71. The Kier molecular flexibility index (Phi) is 4.03. The number of nitriles is 1. The lowest BCUT2D eigenvalue weighted by molar-refractivity contribution is 0.00237. The van der Waals surface area contributed by atoms with E-state index in [1.54, 1.807) is 12.1 Å². The SMILES string of the molecule is N#CC1CN(CC(=O)c2ccccc2F)CCO1. The number of ether oxygens (including phenoxy) is 1. The summed E-state index contributed by atoms with van der Waals surface area (Å²) in [5.74, 6) is -0.778. The number of morpholine rings is 1. The van der Waals surface area contributed by atoms with Gasteiger partial charge in [0.15, 0.2) is 11.9 Å². The van der Waals surface area contributed by atoms with Gasteiger partial charge in [0, 0.05) is 13.1 Å². The molecule has 0 amide bonds. The topological polar surface area (TPSA) is 53.3 Å². The van der Waals surface area contributed by atoms with E-state index < -0.39 is 11.9 Å². The quantitative estimate of drug-likeness (QED) is 0.755. The van der Waals surface area contributed by atoms with Crippen molar-refractivity contribution in [3.63, 3.8) is 0 Å². The van der Waals surface area contributed by atoms with Crippen molar-refractivity contribution < 1.29 is 13.9 Å². The van der Waals surface area contributed by atoms with E-state index >= 15 is 0 Å². The van der Waals surface area contributed by atoms with Gasteiger partial charge in [-0.3, -0.25) is 9.69 Å². The Balaban J connectivity index is 2.00. The molecule has 94 valence electrons. The smallest absolute Gasteiger partial charge is 0.179 e. The molecule has 1 aliphatic rings. The number of ketones is 1. The van der Waals surface area contributed by atoms with Crippen LogP contribution in [0.25, 0.3) is 0 Å². The lowest BCUT2D eigenvalue weighted by atomic mass is 10.1. The zero-order valence-electron chi connectivity index (χ0n) is 9.80. The fourth-order valence-electron chi connectivity index (χ4n) is 1.90. The molecule has 5 heteroatoms. The average molecular weight is 248 g/mol. The van der Waals surface area contributed by atoms with Gasteiger partial charge in [-0.05, 0) is 12.1 Å². The Labute approximate surface area is 105 Å². The van der Waals surface area contributed by atoms with Crippen LogP contribution in [0.5, 0.6) is 0 Å². The highest BCUT2D eigenvalue weighted by atomic mass is 19.1. The molecule has 18 heavy (non-hydrogen) atoms. The number of hydrogen-bond acceptors (Lipinski definition) is 4. The van der Waals surface area contributed by atoms with Crippen LogP contribution in [-0.4, -0.2) is 43.0 Å². The second-order valence-corrected chi connectivity index (χ2v) is 4.13. The summed E-state index contributed by atoms with van der Waals surface area (Å²) < 4.78 is 18.6. The number of carbonyl (C=O) groups is 1. The van der Waals surface area contributed by atoms with Gasteiger partial charge in [0.25, 0.3) is 0 Å². The number of halogens is 1. The summed E-state index contributed by atoms with van der Waals surface area (Å²) in [6, 6.07) is 7.93. The van der Waals surface area contributed by atoms with Crippen molar-refractivity contribution in [2.24, 2.45) is 0 Å². The van der Waals surface area contributed by atoms with Crippen molar-refractivity contribution >= 4 is 5.78 Å². The first kappa shape index (κ1) is 12.7. The highest BCUT2D eigenvalue weighted by molar-refractivity contribution is 5.97. The minimum absolute atomic E-state index is 0.0949. The van der Waals surface area contributed by atoms with Crippen LogP contribution in [0.1, 0.15) is 10.4 Å². The van der Waals surface area contributed by atoms with Gasteiger partial charge in [-0.25, -0.2) is 4.39 Å². The van der Waals surface area contributed by atoms with E-state index in [4.69, 9.17) is 10.00 Å². The third-order valence-electron chi connectivity index (χ3n) is 2.84. The molecule has 1 heterocycles. The summed E-state index contributed by atoms with van der Waals surface area (Å²) in [6.07, 6.45) is -0.507. The molecule has 1 saturated heterocycles. The van der Waals surface area contributed by atoms with E-state index in [1.807, 2.05) is 11.0 Å². The van der Waals surface area contributed by atoms with Crippen LogP contribution < -0.4 is 0 Å². The third kappa shape index (κ3) is 2.92. The van der Waals surface area contributed by atoms with E-state index in [1.165, 1.54) is 12.1 Å². The Bertz CT molecular complexity index is 484. The van der Waals surface area contributed by atoms with Crippen molar-refractivity contribution in [1.82, 2.24) is 4.90 Å². The number of benzene rings is 1. The Hall–Kier alpha value is -1.77. The molecule has 0 bridgehead atoms.